The van der Waals surface area contributed by atoms with Crippen molar-refractivity contribution in [1.29, 1.82) is 0 Å². The summed E-state index contributed by atoms with van der Waals surface area (Å²) in [5, 5.41) is 10.6. The number of rotatable bonds is 2. The number of halogens is 2. The average molecular weight is 369 g/mol. The van der Waals surface area contributed by atoms with E-state index in [2.05, 4.69) is 4.98 Å². The van der Waals surface area contributed by atoms with E-state index in [-0.39, 0.29) is 11.6 Å². The van der Waals surface area contributed by atoms with Crippen LogP contribution >= 0.6 is 23.2 Å². The molecule has 8 heteroatoms. The van der Waals surface area contributed by atoms with E-state index in [0.717, 1.165) is 0 Å². The van der Waals surface area contributed by atoms with E-state index < -0.39 is 6.10 Å². The minimum Gasteiger partial charge on any atom is -0.390 e. The third kappa shape index (κ3) is 3.15. The van der Waals surface area contributed by atoms with Crippen molar-refractivity contribution in [1.82, 2.24) is 9.55 Å². The van der Waals surface area contributed by atoms with E-state index in [9.17, 15) is 9.90 Å². The van der Waals surface area contributed by atoms with Gasteiger partial charge in [0, 0.05) is 25.2 Å². The summed E-state index contributed by atoms with van der Waals surface area (Å²) in [6, 6.07) is 6.30. The third-order valence-corrected chi connectivity index (χ3v) is 5.01. The molecule has 1 aromatic carbocycles. The summed E-state index contributed by atoms with van der Waals surface area (Å²) in [6.45, 7) is 2.73. The lowest BCUT2D eigenvalue weighted by Crippen LogP contribution is -2.51. The van der Waals surface area contributed by atoms with E-state index in [1.807, 2.05) is 4.90 Å². The van der Waals surface area contributed by atoms with Gasteiger partial charge in [-0.25, -0.2) is 4.98 Å². The molecule has 128 valence electrons. The first kappa shape index (κ1) is 17.2. The van der Waals surface area contributed by atoms with Crippen LogP contribution < -0.4 is 16.2 Å². The molecule has 1 aliphatic rings. The Morgan fingerprint density at radius 3 is 2.79 bits per heavy atom. The highest BCUT2D eigenvalue weighted by Gasteiger charge is 2.26. The van der Waals surface area contributed by atoms with Gasteiger partial charge in [0.25, 0.3) is 5.56 Å². The summed E-state index contributed by atoms with van der Waals surface area (Å²) >= 11 is 12.3. The molecule has 0 spiro atoms. The SMILES string of the molecule is Cc1nc(N2CC[C@H](N)[C@H](O)C2)cc(=O)n1-c1cccc(Cl)c1Cl. The van der Waals surface area contributed by atoms with Crippen LogP contribution in [0.25, 0.3) is 5.69 Å². The normalized spacial score (nSPS) is 21.1. The Bertz CT molecular complexity index is 824. The number of piperidine rings is 1. The van der Waals surface area contributed by atoms with Crippen molar-refractivity contribution in [3.05, 3.63) is 50.5 Å². The van der Waals surface area contributed by atoms with Crippen molar-refractivity contribution in [2.24, 2.45) is 5.73 Å². The second-order valence-electron chi connectivity index (χ2n) is 5.87. The molecule has 2 atom stereocenters. The Morgan fingerprint density at radius 2 is 2.12 bits per heavy atom. The maximum atomic E-state index is 12.6. The number of nitrogens with two attached hydrogens (primary N) is 1. The lowest BCUT2D eigenvalue weighted by atomic mass is 10.0. The molecule has 0 saturated carbocycles. The van der Waals surface area contributed by atoms with Gasteiger partial charge in [-0.15, -0.1) is 0 Å². The number of aliphatic hydroxyl groups is 1. The van der Waals surface area contributed by atoms with Gasteiger partial charge in [0.1, 0.15) is 11.6 Å². The topological polar surface area (TPSA) is 84.4 Å². The van der Waals surface area contributed by atoms with Crippen LogP contribution in [0.15, 0.2) is 29.1 Å². The average Bonchev–Trinajstić information content (AvgIpc) is 2.53. The number of anilines is 1. The molecule has 0 bridgehead atoms. The van der Waals surface area contributed by atoms with E-state index in [1.54, 1.807) is 25.1 Å². The van der Waals surface area contributed by atoms with Crippen molar-refractivity contribution in [2.75, 3.05) is 18.0 Å². The highest BCUT2D eigenvalue weighted by atomic mass is 35.5. The lowest BCUT2D eigenvalue weighted by Gasteiger charge is -2.35. The molecule has 3 N–H and O–H groups in total. The monoisotopic (exact) mass is 368 g/mol. The highest BCUT2D eigenvalue weighted by Crippen LogP contribution is 2.28. The fourth-order valence-electron chi connectivity index (χ4n) is 2.86. The quantitative estimate of drug-likeness (QED) is 0.843. The van der Waals surface area contributed by atoms with E-state index in [0.29, 0.717) is 46.9 Å². The van der Waals surface area contributed by atoms with Gasteiger partial charge in [0.15, 0.2) is 0 Å². The highest BCUT2D eigenvalue weighted by molar-refractivity contribution is 6.43. The first-order valence-corrected chi connectivity index (χ1v) is 8.37. The molecular weight excluding hydrogens is 351 g/mol. The van der Waals surface area contributed by atoms with Gasteiger partial charge in [0.2, 0.25) is 0 Å². The minimum absolute atomic E-state index is 0.243. The summed E-state index contributed by atoms with van der Waals surface area (Å²) in [7, 11) is 0. The molecule has 0 aliphatic carbocycles. The number of β-amino-alcohol motifs (C(OH)–C–C–N with tert-alkyl or cyclic N) is 1. The molecule has 2 aromatic rings. The Balaban J connectivity index is 2.01. The fraction of sp³-hybridized carbons (Fsp3) is 0.375. The zero-order valence-corrected chi connectivity index (χ0v) is 14.6. The van der Waals surface area contributed by atoms with Gasteiger partial charge in [-0.05, 0) is 25.5 Å². The molecule has 0 amide bonds. The van der Waals surface area contributed by atoms with Crippen molar-refractivity contribution >= 4 is 29.0 Å². The van der Waals surface area contributed by atoms with E-state index in [4.69, 9.17) is 28.9 Å². The zero-order valence-electron chi connectivity index (χ0n) is 13.1. The maximum absolute atomic E-state index is 12.6. The van der Waals surface area contributed by atoms with Crippen LogP contribution in [-0.2, 0) is 0 Å². The van der Waals surface area contributed by atoms with Crippen molar-refractivity contribution in [2.45, 2.75) is 25.5 Å². The van der Waals surface area contributed by atoms with Crippen LogP contribution in [0.4, 0.5) is 5.82 Å². The van der Waals surface area contributed by atoms with E-state index in [1.165, 1.54) is 10.6 Å². The van der Waals surface area contributed by atoms with Crippen molar-refractivity contribution in [3.8, 4) is 5.69 Å². The fourth-order valence-corrected chi connectivity index (χ4v) is 3.24. The third-order valence-electron chi connectivity index (χ3n) is 4.20. The number of aryl methyl sites for hydroxylation is 1. The molecule has 2 heterocycles. The first-order chi connectivity index (χ1) is 11.4. The number of hydrogen-bond acceptors (Lipinski definition) is 5. The zero-order chi connectivity index (χ0) is 17.4. The van der Waals surface area contributed by atoms with Crippen LogP contribution in [0, 0.1) is 6.92 Å². The molecule has 1 aliphatic heterocycles. The molecule has 6 nitrogen and oxygen atoms in total. The van der Waals surface area contributed by atoms with Gasteiger partial charge in [-0.3, -0.25) is 9.36 Å². The molecule has 0 radical (unpaired) electrons. The molecule has 1 fully saturated rings. The molecular formula is C16H18Cl2N4O2. The molecule has 1 saturated heterocycles. The van der Waals surface area contributed by atoms with Crippen LogP contribution in [0.5, 0.6) is 0 Å². The van der Waals surface area contributed by atoms with Crippen LogP contribution in [0.2, 0.25) is 10.0 Å². The minimum atomic E-state index is -0.634. The largest absolute Gasteiger partial charge is 0.390 e. The van der Waals surface area contributed by atoms with Crippen LogP contribution in [0.1, 0.15) is 12.2 Å². The summed E-state index contributed by atoms with van der Waals surface area (Å²) in [5.74, 6) is 1.02. The van der Waals surface area contributed by atoms with Crippen molar-refractivity contribution < 1.29 is 5.11 Å². The smallest absolute Gasteiger partial charge is 0.260 e. The Morgan fingerprint density at radius 1 is 1.38 bits per heavy atom. The van der Waals surface area contributed by atoms with Crippen LogP contribution in [-0.4, -0.2) is 39.9 Å². The second-order valence-corrected chi connectivity index (χ2v) is 6.66. The van der Waals surface area contributed by atoms with Gasteiger partial charge in [-0.1, -0.05) is 29.3 Å². The van der Waals surface area contributed by atoms with Gasteiger partial charge in [-0.2, -0.15) is 0 Å². The standard InChI is InChI=1S/C16H18Cl2N4O2/c1-9-20-14(21-6-5-11(19)13(23)8-21)7-15(24)22(9)12-4-2-3-10(17)16(12)18/h2-4,7,11,13,23H,5-6,8,19H2,1H3/t11-,13+/m0/s1. The predicted octanol–water partition coefficient (Wildman–Crippen LogP) is 1.75. The van der Waals surface area contributed by atoms with Crippen LogP contribution in [0.3, 0.4) is 0 Å². The molecule has 0 unspecified atom stereocenters. The Hall–Kier alpha value is -1.60. The summed E-state index contributed by atoms with van der Waals surface area (Å²) in [5.41, 5.74) is 6.05. The molecule has 24 heavy (non-hydrogen) atoms. The number of aromatic nitrogens is 2. The predicted molar refractivity (Wildman–Crippen MR) is 95.4 cm³/mol. The van der Waals surface area contributed by atoms with Gasteiger partial charge >= 0.3 is 0 Å². The summed E-state index contributed by atoms with van der Waals surface area (Å²) in [6.07, 6.45) is 0.0103. The second kappa shape index (κ2) is 6.72. The molecule has 3 rings (SSSR count). The lowest BCUT2D eigenvalue weighted by molar-refractivity contribution is 0.131. The Kier molecular flexibility index (Phi) is 4.83. The number of hydrogen-bond donors (Lipinski definition) is 2. The Labute approximate surface area is 149 Å². The van der Waals surface area contributed by atoms with E-state index >= 15 is 0 Å². The van der Waals surface area contributed by atoms with Crippen molar-refractivity contribution in [3.63, 3.8) is 0 Å². The van der Waals surface area contributed by atoms with Gasteiger partial charge in [0.05, 0.1) is 21.8 Å². The summed E-state index contributed by atoms with van der Waals surface area (Å²) < 4.78 is 1.42. The first-order valence-electron chi connectivity index (χ1n) is 7.62. The number of nitrogens with zero attached hydrogens (tertiary/aromatic N) is 3. The number of benzene rings is 1. The van der Waals surface area contributed by atoms with Gasteiger partial charge < -0.3 is 15.7 Å². The summed E-state index contributed by atoms with van der Waals surface area (Å²) in [4.78, 5) is 19.0. The molecule has 1 aromatic heterocycles. The number of aliphatic hydroxyl groups excluding tert-OH is 1. The maximum Gasteiger partial charge on any atom is 0.260 e.